The van der Waals surface area contributed by atoms with E-state index in [1.807, 2.05) is 0 Å². The summed E-state index contributed by atoms with van der Waals surface area (Å²) in [7, 11) is 0. The van der Waals surface area contributed by atoms with Gasteiger partial charge in [-0.1, -0.05) is 11.6 Å². The highest BCUT2D eigenvalue weighted by atomic mass is 35.5. The summed E-state index contributed by atoms with van der Waals surface area (Å²) < 4.78 is 32.1. The molecule has 1 amide bonds. The maximum Gasteiger partial charge on any atom is 0.254 e. The Morgan fingerprint density at radius 1 is 1.45 bits per heavy atom. The minimum absolute atomic E-state index is 0.0417. The van der Waals surface area contributed by atoms with Crippen LogP contribution in [-0.4, -0.2) is 23.5 Å². The summed E-state index contributed by atoms with van der Waals surface area (Å²) in [5.74, 6) is -1.74. The minimum Gasteiger partial charge on any atom is -0.485 e. The molecule has 114 valence electrons. The van der Waals surface area contributed by atoms with Crippen molar-refractivity contribution in [2.45, 2.75) is 12.5 Å². The molecule has 3 rings (SSSR count). The Balaban J connectivity index is 1.64. The largest absolute Gasteiger partial charge is 0.485 e. The molecule has 0 bridgehead atoms. The quantitative estimate of drug-likeness (QED) is 0.883. The van der Waals surface area contributed by atoms with Crippen LogP contribution in [0.1, 0.15) is 15.9 Å². The second-order valence-corrected chi connectivity index (χ2v) is 5.23. The Morgan fingerprint density at radius 2 is 2.27 bits per heavy atom. The first kappa shape index (κ1) is 14.7. The molecule has 22 heavy (non-hydrogen) atoms. The van der Waals surface area contributed by atoms with Gasteiger partial charge in [0.1, 0.15) is 17.1 Å². The van der Waals surface area contributed by atoms with Gasteiger partial charge in [0.2, 0.25) is 0 Å². The topological polar surface area (TPSA) is 51.2 Å². The summed E-state index contributed by atoms with van der Waals surface area (Å²) in [6.45, 7) is 0.153. The van der Waals surface area contributed by atoms with E-state index >= 15 is 0 Å². The summed E-state index contributed by atoms with van der Waals surface area (Å²) in [4.78, 5) is 15.8. The van der Waals surface area contributed by atoms with Gasteiger partial charge in [0.15, 0.2) is 11.6 Å². The molecule has 0 radical (unpaired) electrons. The van der Waals surface area contributed by atoms with E-state index in [0.29, 0.717) is 12.0 Å². The number of carbonyl (C=O) groups excluding carboxylic acids is 1. The van der Waals surface area contributed by atoms with Gasteiger partial charge >= 0.3 is 0 Å². The van der Waals surface area contributed by atoms with E-state index in [0.717, 1.165) is 6.07 Å². The lowest BCUT2D eigenvalue weighted by atomic mass is 10.1. The van der Waals surface area contributed by atoms with Gasteiger partial charge in [-0.05, 0) is 18.2 Å². The van der Waals surface area contributed by atoms with Gasteiger partial charge in [0.05, 0.1) is 12.1 Å². The second kappa shape index (κ2) is 5.88. The number of hydrogen-bond acceptors (Lipinski definition) is 3. The summed E-state index contributed by atoms with van der Waals surface area (Å²) in [5.41, 5.74) is 0.702. The lowest BCUT2D eigenvalue weighted by Crippen LogP contribution is -2.34. The molecule has 1 aromatic heterocycles. The fraction of sp³-hybridized carbons (Fsp3) is 0.200. The zero-order chi connectivity index (χ0) is 15.7. The number of ether oxygens (including phenoxy) is 1. The molecule has 2 heterocycles. The highest BCUT2D eigenvalue weighted by Gasteiger charge is 2.27. The maximum absolute atomic E-state index is 13.6. The summed E-state index contributed by atoms with van der Waals surface area (Å²) in [6, 6.07) is 5.15. The van der Waals surface area contributed by atoms with Gasteiger partial charge in [0, 0.05) is 24.2 Å². The number of pyridine rings is 1. The Bertz CT molecular complexity index is 739. The minimum atomic E-state index is -0.737. The van der Waals surface area contributed by atoms with E-state index in [1.54, 1.807) is 12.1 Å². The fourth-order valence-electron chi connectivity index (χ4n) is 2.32. The van der Waals surface area contributed by atoms with Crippen LogP contribution in [0.25, 0.3) is 0 Å². The molecular weight excluding hydrogens is 314 g/mol. The Hall–Kier alpha value is -2.21. The van der Waals surface area contributed by atoms with Crippen molar-refractivity contribution in [3.05, 3.63) is 58.4 Å². The zero-order valence-electron chi connectivity index (χ0n) is 11.3. The summed E-state index contributed by atoms with van der Waals surface area (Å²) in [5, 5.41) is 2.75. The number of rotatable bonds is 3. The second-order valence-electron chi connectivity index (χ2n) is 4.87. The van der Waals surface area contributed by atoms with Gasteiger partial charge in [-0.2, -0.15) is 0 Å². The van der Waals surface area contributed by atoms with Crippen LogP contribution in [0.3, 0.4) is 0 Å². The molecule has 0 fully saturated rings. The number of amides is 1. The Kier molecular flexibility index (Phi) is 3.94. The van der Waals surface area contributed by atoms with Crippen molar-refractivity contribution in [2.75, 3.05) is 6.54 Å². The lowest BCUT2D eigenvalue weighted by Gasteiger charge is -2.12. The third-order valence-electron chi connectivity index (χ3n) is 3.31. The molecule has 0 saturated carbocycles. The molecule has 1 aliphatic heterocycles. The van der Waals surface area contributed by atoms with E-state index in [2.05, 4.69) is 10.3 Å². The number of carbonyl (C=O) groups is 1. The number of aromatic nitrogens is 1. The molecule has 0 unspecified atom stereocenters. The van der Waals surface area contributed by atoms with Crippen LogP contribution < -0.4 is 10.1 Å². The molecule has 1 aromatic carbocycles. The van der Waals surface area contributed by atoms with Crippen LogP contribution in [0.2, 0.25) is 5.15 Å². The zero-order valence-corrected chi connectivity index (χ0v) is 12.0. The van der Waals surface area contributed by atoms with E-state index in [-0.39, 0.29) is 23.0 Å². The third kappa shape index (κ3) is 2.87. The Morgan fingerprint density at radius 3 is 3.05 bits per heavy atom. The third-order valence-corrected chi connectivity index (χ3v) is 3.61. The smallest absolute Gasteiger partial charge is 0.254 e. The first-order chi connectivity index (χ1) is 10.5. The van der Waals surface area contributed by atoms with Crippen molar-refractivity contribution in [1.29, 1.82) is 0 Å². The van der Waals surface area contributed by atoms with Crippen LogP contribution in [0.5, 0.6) is 5.75 Å². The van der Waals surface area contributed by atoms with Crippen LogP contribution in [0.4, 0.5) is 8.78 Å². The highest BCUT2D eigenvalue weighted by molar-refractivity contribution is 6.32. The van der Waals surface area contributed by atoms with E-state index in [4.69, 9.17) is 16.3 Å². The van der Waals surface area contributed by atoms with Crippen molar-refractivity contribution in [1.82, 2.24) is 10.3 Å². The van der Waals surface area contributed by atoms with Crippen LogP contribution in [0, 0.1) is 11.6 Å². The average molecular weight is 325 g/mol. The standard InChI is InChI=1S/C15H11ClF2N2O2/c16-14-11(2-1-3-19-14)15(21)20-7-10-5-8-4-9(17)6-12(18)13(8)22-10/h1-4,6,10H,5,7H2,(H,20,21)/t10-/m0/s1. The first-order valence-electron chi connectivity index (χ1n) is 6.58. The van der Waals surface area contributed by atoms with Crippen LogP contribution in [-0.2, 0) is 6.42 Å². The molecule has 7 heteroatoms. The molecule has 1 aliphatic rings. The number of hydrogen-bond donors (Lipinski definition) is 1. The van der Waals surface area contributed by atoms with Crippen molar-refractivity contribution in [2.24, 2.45) is 0 Å². The highest BCUT2D eigenvalue weighted by Crippen LogP contribution is 2.32. The molecule has 1 N–H and O–H groups in total. The molecule has 4 nitrogen and oxygen atoms in total. The molecule has 1 atom stereocenters. The van der Waals surface area contributed by atoms with E-state index in [1.165, 1.54) is 12.3 Å². The van der Waals surface area contributed by atoms with Gasteiger partial charge in [0.25, 0.3) is 5.91 Å². The van der Waals surface area contributed by atoms with Gasteiger partial charge < -0.3 is 10.1 Å². The molecule has 0 aliphatic carbocycles. The lowest BCUT2D eigenvalue weighted by molar-refractivity contribution is 0.0932. The molecule has 0 saturated heterocycles. The van der Waals surface area contributed by atoms with Crippen molar-refractivity contribution < 1.29 is 18.3 Å². The van der Waals surface area contributed by atoms with Crippen molar-refractivity contribution >= 4 is 17.5 Å². The van der Waals surface area contributed by atoms with Crippen molar-refractivity contribution in [3.8, 4) is 5.75 Å². The number of nitrogens with one attached hydrogen (secondary N) is 1. The summed E-state index contributed by atoms with van der Waals surface area (Å²) >= 11 is 5.83. The number of fused-ring (bicyclic) bond motifs is 1. The van der Waals surface area contributed by atoms with E-state index < -0.39 is 23.6 Å². The average Bonchev–Trinajstić information content (AvgIpc) is 2.88. The number of nitrogens with zero attached hydrogens (tertiary/aromatic N) is 1. The van der Waals surface area contributed by atoms with Gasteiger partial charge in [-0.15, -0.1) is 0 Å². The fourth-order valence-corrected chi connectivity index (χ4v) is 2.53. The van der Waals surface area contributed by atoms with Crippen LogP contribution in [0.15, 0.2) is 30.5 Å². The van der Waals surface area contributed by atoms with E-state index in [9.17, 15) is 13.6 Å². The molecular formula is C15H11ClF2N2O2. The van der Waals surface area contributed by atoms with Crippen LogP contribution >= 0.6 is 11.6 Å². The predicted octanol–water partition coefficient (Wildman–Crippen LogP) is 2.75. The normalized spacial score (nSPS) is 16.0. The first-order valence-corrected chi connectivity index (χ1v) is 6.95. The number of benzene rings is 1. The number of halogens is 3. The SMILES string of the molecule is O=C(NC[C@@H]1Cc2cc(F)cc(F)c2O1)c1cccnc1Cl. The maximum atomic E-state index is 13.6. The monoisotopic (exact) mass is 324 g/mol. The summed E-state index contributed by atoms with van der Waals surface area (Å²) in [6.07, 6.45) is 1.35. The van der Waals surface area contributed by atoms with Gasteiger partial charge in [-0.3, -0.25) is 4.79 Å². The Labute approximate surface area is 130 Å². The van der Waals surface area contributed by atoms with Crippen molar-refractivity contribution in [3.63, 3.8) is 0 Å². The van der Waals surface area contributed by atoms with Gasteiger partial charge in [-0.25, -0.2) is 13.8 Å². The molecule has 2 aromatic rings. The molecule has 0 spiro atoms. The predicted molar refractivity (Wildman–Crippen MR) is 76.1 cm³/mol.